The summed E-state index contributed by atoms with van der Waals surface area (Å²) in [6.45, 7) is 12.8. The molecule has 202 valence electrons. The molecular weight excluding hydrogens is 484 g/mol. The number of hydrogen-bond acceptors (Lipinski definition) is 7. The summed E-state index contributed by atoms with van der Waals surface area (Å²) in [5.41, 5.74) is -1.22. The first-order chi connectivity index (χ1) is 18.0. The molecule has 1 aliphatic heterocycles. The van der Waals surface area contributed by atoms with Gasteiger partial charge in [-0.2, -0.15) is 0 Å². The van der Waals surface area contributed by atoms with Gasteiger partial charge >= 0.3 is 11.9 Å². The van der Waals surface area contributed by atoms with Gasteiger partial charge in [-0.3, -0.25) is 9.59 Å². The van der Waals surface area contributed by atoms with Crippen LogP contribution in [0.25, 0.3) is 5.57 Å². The monoisotopic (exact) mass is 520 g/mol. The molecule has 0 aromatic heterocycles. The zero-order valence-corrected chi connectivity index (χ0v) is 22.7. The Morgan fingerprint density at radius 2 is 1.53 bits per heavy atom. The van der Waals surface area contributed by atoms with Crippen LogP contribution in [0.4, 0.5) is 0 Å². The molecule has 7 heteroatoms. The predicted octanol–water partition coefficient (Wildman–Crippen LogP) is 4.94. The molecule has 1 heterocycles. The first-order valence-corrected chi connectivity index (χ1v) is 13.0. The summed E-state index contributed by atoms with van der Waals surface area (Å²) in [5, 5.41) is 10.3. The van der Waals surface area contributed by atoms with Crippen LogP contribution in [-0.4, -0.2) is 46.4 Å². The van der Waals surface area contributed by atoms with Gasteiger partial charge in [0.05, 0.1) is 11.0 Å². The fourth-order valence-electron chi connectivity index (χ4n) is 6.17. The number of ether oxygens (including phenoxy) is 2. The predicted molar refractivity (Wildman–Crippen MR) is 143 cm³/mol. The Kier molecular flexibility index (Phi) is 8.72. The van der Waals surface area contributed by atoms with Gasteiger partial charge in [-0.1, -0.05) is 88.9 Å². The highest BCUT2D eigenvalue weighted by molar-refractivity contribution is 6.21. The minimum atomic E-state index is -1.89. The third-order valence-corrected chi connectivity index (χ3v) is 8.35. The minimum Gasteiger partial charge on any atom is -0.460 e. The normalized spacial score (nSPS) is 23.8. The second kappa shape index (κ2) is 11.4. The molecule has 1 fully saturated rings. The number of Topliss-reactive ketones (excluding diaryl/α,β-unsaturated/α-hetero) is 1. The second-order valence-corrected chi connectivity index (χ2v) is 9.81. The van der Waals surface area contributed by atoms with Crippen molar-refractivity contribution in [3.05, 3.63) is 77.9 Å². The van der Waals surface area contributed by atoms with Crippen LogP contribution in [0, 0.1) is 11.3 Å². The Labute approximate surface area is 223 Å². The molecule has 0 radical (unpaired) electrons. The number of carbonyl (C=O) groups excluding carboxylic acids is 4. The van der Waals surface area contributed by atoms with Crippen molar-refractivity contribution in [1.82, 2.24) is 0 Å². The Bertz CT molecular complexity index is 1230. The largest absolute Gasteiger partial charge is 0.460 e. The number of esters is 2. The van der Waals surface area contributed by atoms with Crippen LogP contribution in [0.5, 0.6) is 0 Å². The highest BCUT2D eigenvalue weighted by Gasteiger charge is 2.63. The number of ketones is 2. The van der Waals surface area contributed by atoms with Gasteiger partial charge in [0.2, 0.25) is 6.10 Å². The number of hydrogen-bond donors (Lipinski definition) is 1. The molecule has 2 aromatic carbocycles. The first kappa shape index (κ1) is 29.0. The first-order valence-electron chi connectivity index (χ1n) is 13.0. The van der Waals surface area contributed by atoms with Gasteiger partial charge in [0, 0.05) is 17.0 Å². The van der Waals surface area contributed by atoms with Crippen molar-refractivity contribution in [2.24, 2.45) is 11.3 Å². The maximum absolute atomic E-state index is 13.7. The molecule has 1 aliphatic rings. The van der Waals surface area contributed by atoms with Crippen LogP contribution in [0.2, 0.25) is 0 Å². The average molecular weight is 521 g/mol. The van der Waals surface area contributed by atoms with Gasteiger partial charge in [-0.05, 0) is 31.7 Å². The molecule has 3 rings (SSSR count). The van der Waals surface area contributed by atoms with E-state index in [1.165, 1.54) is 0 Å². The third kappa shape index (κ3) is 4.71. The molecule has 4 atom stereocenters. The van der Waals surface area contributed by atoms with Crippen molar-refractivity contribution < 1.29 is 33.8 Å². The summed E-state index contributed by atoms with van der Waals surface area (Å²) in [5.74, 6) is -3.51. The Hall–Kier alpha value is -3.58. The Morgan fingerprint density at radius 1 is 0.974 bits per heavy atom. The van der Waals surface area contributed by atoms with Crippen molar-refractivity contribution in [3.63, 3.8) is 0 Å². The van der Waals surface area contributed by atoms with E-state index in [-0.39, 0.29) is 11.4 Å². The average Bonchev–Trinajstić information content (AvgIpc) is 3.00. The third-order valence-electron chi connectivity index (χ3n) is 8.35. The summed E-state index contributed by atoms with van der Waals surface area (Å²) in [7, 11) is 0. The Morgan fingerprint density at radius 3 is 2.08 bits per heavy atom. The minimum absolute atomic E-state index is 0.000284. The van der Waals surface area contributed by atoms with Gasteiger partial charge in [0.25, 0.3) is 0 Å². The van der Waals surface area contributed by atoms with E-state index in [4.69, 9.17) is 9.47 Å². The molecule has 2 aromatic rings. The lowest BCUT2D eigenvalue weighted by molar-refractivity contribution is -0.207. The lowest BCUT2D eigenvalue weighted by atomic mass is 9.56. The van der Waals surface area contributed by atoms with E-state index in [1.807, 2.05) is 26.8 Å². The van der Waals surface area contributed by atoms with E-state index >= 15 is 0 Å². The zero-order chi connectivity index (χ0) is 28.3. The van der Waals surface area contributed by atoms with Crippen LogP contribution < -0.4 is 0 Å². The summed E-state index contributed by atoms with van der Waals surface area (Å²) in [6.07, 6.45) is -1.75. The number of benzene rings is 2. The number of carbonyl (C=O) groups is 4. The van der Waals surface area contributed by atoms with Crippen LogP contribution >= 0.6 is 0 Å². The van der Waals surface area contributed by atoms with Crippen LogP contribution in [0.15, 0.2) is 61.2 Å². The molecule has 0 saturated carbocycles. The highest BCUT2D eigenvalue weighted by atomic mass is 16.6. The lowest BCUT2D eigenvalue weighted by Crippen LogP contribution is -2.60. The zero-order valence-electron chi connectivity index (χ0n) is 22.7. The van der Waals surface area contributed by atoms with E-state index in [2.05, 4.69) is 6.58 Å². The van der Waals surface area contributed by atoms with E-state index in [0.717, 1.165) is 0 Å². The lowest BCUT2D eigenvalue weighted by Gasteiger charge is -2.53. The van der Waals surface area contributed by atoms with E-state index in [1.54, 1.807) is 62.4 Å². The number of rotatable bonds is 9. The summed E-state index contributed by atoms with van der Waals surface area (Å²) in [6, 6.07) is 15.5. The maximum Gasteiger partial charge on any atom is 0.343 e. The van der Waals surface area contributed by atoms with Crippen molar-refractivity contribution in [2.75, 3.05) is 0 Å². The van der Waals surface area contributed by atoms with Crippen molar-refractivity contribution in [3.8, 4) is 0 Å². The molecular formula is C31H36O7. The maximum atomic E-state index is 13.7. The topological polar surface area (TPSA) is 107 Å². The molecule has 0 aliphatic carbocycles. The van der Waals surface area contributed by atoms with Gasteiger partial charge in [-0.25, -0.2) is 9.59 Å². The van der Waals surface area contributed by atoms with Crippen molar-refractivity contribution >= 4 is 29.1 Å². The van der Waals surface area contributed by atoms with Crippen LogP contribution in [0.1, 0.15) is 75.4 Å². The molecule has 0 bridgehead atoms. The van der Waals surface area contributed by atoms with E-state index in [9.17, 15) is 24.3 Å². The van der Waals surface area contributed by atoms with Crippen LogP contribution in [-0.2, 0) is 23.9 Å². The van der Waals surface area contributed by atoms with Gasteiger partial charge in [0.15, 0.2) is 11.6 Å². The van der Waals surface area contributed by atoms with E-state index in [0.29, 0.717) is 36.0 Å². The molecule has 4 unspecified atom stereocenters. The highest BCUT2D eigenvalue weighted by Crippen LogP contribution is 2.53. The standard InChI is InChI=1S/C31H36O7/c1-7-30(8-2,31(9-3)20(5)25(32)27(34)29(36)37-21(31)6)38-28(35)19(4)23-17-13-14-18-24(23)26(33)22-15-11-10-12-16-22/h10-18,20-21,27,34H,4,7-9H2,1-3,5-6H3. The van der Waals surface area contributed by atoms with Crippen molar-refractivity contribution in [1.29, 1.82) is 0 Å². The van der Waals surface area contributed by atoms with Gasteiger partial charge < -0.3 is 14.6 Å². The summed E-state index contributed by atoms with van der Waals surface area (Å²) < 4.78 is 11.8. The SMILES string of the molecule is C=C(C(=O)OC(CC)(CC)C1(CC)C(C)OC(=O)C(O)C(=O)C1C)c1ccccc1C(=O)c1ccccc1. The number of cyclic esters (lactones) is 1. The molecule has 1 N–H and O–H groups in total. The van der Waals surface area contributed by atoms with Gasteiger partial charge in [0.1, 0.15) is 11.7 Å². The molecule has 0 amide bonds. The van der Waals surface area contributed by atoms with Crippen molar-refractivity contribution in [2.45, 2.75) is 71.7 Å². The fraction of sp³-hybridized carbons (Fsp3) is 0.419. The van der Waals surface area contributed by atoms with Gasteiger partial charge in [-0.15, -0.1) is 0 Å². The van der Waals surface area contributed by atoms with E-state index < -0.39 is 46.9 Å². The Balaban J connectivity index is 2.05. The second-order valence-electron chi connectivity index (χ2n) is 9.81. The molecule has 38 heavy (non-hydrogen) atoms. The smallest absolute Gasteiger partial charge is 0.343 e. The number of aliphatic hydroxyl groups excluding tert-OH is 1. The number of aliphatic hydroxyl groups is 1. The van der Waals surface area contributed by atoms with Crippen LogP contribution in [0.3, 0.4) is 0 Å². The fourth-order valence-corrected chi connectivity index (χ4v) is 6.17. The molecule has 0 spiro atoms. The summed E-state index contributed by atoms with van der Waals surface area (Å²) in [4.78, 5) is 52.5. The molecule has 7 nitrogen and oxygen atoms in total. The molecule has 1 saturated heterocycles. The summed E-state index contributed by atoms with van der Waals surface area (Å²) >= 11 is 0. The quantitative estimate of drug-likeness (QED) is 0.216.